The lowest BCUT2D eigenvalue weighted by molar-refractivity contribution is 0.385. The molecule has 1 aromatic rings. The highest BCUT2D eigenvalue weighted by Gasteiger charge is 2.15. The van der Waals surface area contributed by atoms with Gasteiger partial charge in [0.15, 0.2) is 0 Å². The molecule has 0 bridgehead atoms. The zero-order valence-corrected chi connectivity index (χ0v) is 11.8. The first kappa shape index (κ1) is 13.9. The van der Waals surface area contributed by atoms with Crippen molar-refractivity contribution in [1.82, 2.24) is 5.32 Å². The average molecular weight is 309 g/mol. The largest absolute Gasteiger partial charge is 0.312 e. The van der Waals surface area contributed by atoms with E-state index in [1.807, 2.05) is 0 Å². The van der Waals surface area contributed by atoms with Crippen LogP contribution in [0.1, 0.15) is 19.4 Å². The Labute approximate surface area is 110 Å². The van der Waals surface area contributed by atoms with Gasteiger partial charge in [-0.3, -0.25) is 0 Å². The maximum atomic E-state index is 12.8. The molecular weight excluding hydrogens is 292 g/mol. The summed E-state index contributed by atoms with van der Waals surface area (Å²) in [5.74, 6) is 0.390. The lowest BCUT2D eigenvalue weighted by Gasteiger charge is -2.21. The van der Waals surface area contributed by atoms with E-state index in [9.17, 15) is 4.39 Å². The van der Waals surface area contributed by atoms with Crippen LogP contribution in [0.5, 0.6) is 0 Å². The van der Waals surface area contributed by atoms with E-state index in [0.29, 0.717) is 12.4 Å². The minimum Gasteiger partial charge on any atom is -0.312 e. The second-order valence-electron chi connectivity index (χ2n) is 4.64. The molecular formula is C12H16BrClFN. The van der Waals surface area contributed by atoms with Crippen LogP contribution in [-0.2, 0) is 6.54 Å². The number of rotatable bonds is 5. The molecule has 0 aliphatic heterocycles. The van der Waals surface area contributed by atoms with Gasteiger partial charge in [-0.05, 0) is 23.1 Å². The van der Waals surface area contributed by atoms with E-state index in [0.717, 1.165) is 16.6 Å². The fraction of sp³-hybridized carbons (Fsp3) is 0.500. The van der Waals surface area contributed by atoms with E-state index in [1.165, 1.54) is 12.1 Å². The van der Waals surface area contributed by atoms with Crippen molar-refractivity contribution < 1.29 is 4.39 Å². The van der Waals surface area contributed by atoms with E-state index >= 15 is 0 Å². The summed E-state index contributed by atoms with van der Waals surface area (Å²) in [5.41, 5.74) is 1.13. The quantitative estimate of drug-likeness (QED) is 0.812. The molecule has 0 fully saturated rings. The smallest absolute Gasteiger partial charge is 0.124 e. The van der Waals surface area contributed by atoms with Gasteiger partial charge in [0.25, 0.3) is 0 Å². The molecule has 1 rings (SSSR count). The predicted octanol–water partition coefficient (Wildman–Crippen LogP) is 3.94. The summed E-state index contributed by atoms with van der Waals surface area (Å²) in [6.45, 7) is 5.75. The van der Waals surface area contributed by atoms with Crippen LogP contribution < -0.4 is 5.32 Å². The molecule has 0 spiro atoms. The normalized spacial score (nSPS) is 11.8. The summed E-state index contributed by atoms with van der Waals surface area (Å²) < 4.78 is 13.6. The van der Waals surface area contributed by atoms with Crippen molar-refractivity contribution in [3.05, 3.63) is 34.1 Å². The molecule has 0 unspecified atom stereocenters. The number of halogens is 3. The fourth-order valence-corrected chi connectivity index (χ4v) is 1.83. The first-order valence-electron chi connectivity index (χ1n) is 5.15. The van der Waals surface area contributed by atoms with Gasteiger partial charge in [0.05, 0.1) is 0 Å². The Balaban J connectivity index is 2.49. The van der Waals surface area contributed by atoms with Crippen LogP contribution >= 0.6 is 27.5 Å². The molecule has 0 saturated heterocycles. The maximum Gasteiger partial charge on any atom is 0.124 e. The second-order valence-corrected chi connectivity index (χ2v) is 5.76. The summed E-state index contributed by atoms with van der Waals surface area (Å²) >= 11 is 9.17. The van der Waals surface area contributed by atoms with Gasteiger partial charge in [-0.15, -0.1) is 11.6 Å². The van der Waals surface area contributed by atoms with Crippen LogP contribution in [0, 0.1) is 11.2 Å². The van der Waals surface area contributed by atoms with Crippen LogP contribution in [0.4, 0.5) is 4.39 Å². The van der Waals surface area contributed by atoms with Crippen molar-refractivity contribution in [3.8, 4) is 0 Å². The third-order valence-electron chi connectivity index (χ3n) is 2.30. The van der Waals surface area contributed by atoms with E-state index in [1.54, 1.807) is 6.07 Å². The topological polar surface area (TPSA) is 12.0 Å². The Kier molecular flexibility index (Phi) is 5.22. The van der Waals surface area contributed by atoms with Gasteiger partial charge in [-0.1, -0.05) is 35.8 Å². The summed E-state index contributed by atoms with van der Waals surface area (Å²) in [5, 5.41) is 3.32. The third-order valence-corrected chi connectivity index (χ3v) is 3.76. The first-order chi connectivity index (χ1) is 7.44. The number of alkyl halides is 1. The van der Waals surface area contributed by atoms with Gasteiger partial charge in [0.2, 0.25) is 0 Å². The van der Waals surface area contributed by atoms with E-state index in [2.05, 4.69) is 35.1 Å². The molecule has 16 heavy (non-hydrogen) atoms. The van der Waals surface area contributed by atoms with Crippen LogP contribution in [0.3, 0.4) is 0 Å². The molecule has 1 N–H and O–H groups in total. The molecule has 0 aliphatic carbocycles. The Morgan fingerprint density at radius 3 is 2.69 bits per heavy atom. The first-order valence-corrected chi connectivity index (χ1v) is 6.48. The lowest BCUT2D eigenvalue weighted by atomic mass is 9.96. The highest BCUT2D eigenvalue weighted by atomic mass is 79.9. The molecule has 90 valence electrons. The van der Waals surface area contributed by atoms with Crippen molar-refractivity contribution >= 4 is 27.5 Å². The average Bonchev–Trinajstić information content (AvgIpc) is 2.21. The van der Waals surface area contributed by atoms with Gasteiger partial charge < -0.3 is 5.32 Å². The molecule has 1 aromatic carbocycles. The second kappa shape index (κ2) is 5.99. The Bertz CT molecular complexity index is 355. The minimum atomic E-state index is -0.225. The molecule has 0 atom stereocenters. The molecule has 0 aliphatic rings. The SMILES string of the molecule is CC(C)(CCl)CNCc1ccc(F)cc1Br. The number of benzene rings is 1. The summed E-state index contributed by atoms with van der Waals surface area (Å²) in [6, 6.07) is 4.72. The summed E-state index contributed by atoms with van der Waals surface area (Å²) in [4.78, 5) is 0. The van der Waals surface area contributed by atoms with Crippen molar-refractivity contribution in [2.45, 2.75) is 20.4 Å². The van der Waals surface area contributed by atoms with Gasteiger partial charge in [0, 0.05) is 23.4 Å². The lowest BCUT2D eigenvalue weighted by Crippen LogP contribution is -2.30. The summed E-state index contributed by atoms with van der Waals surface area (Å²) in [6.07, 6.45) is 0. The zero-order chi connectivity index (χ0) is 12.2. The molecule has 1 nitrogen and oxygen atoms in total. The standard InChI is InChI=1S/C12H16BrClFN/c1-12(2,7-14)8-16-6-9-3-4-10(15)5-11(9)13/h3-5,16H,6-8H2,1-2H3. The Hall–Kier alpha value is -0.120. The molecule has 0 amide bonds. The highest BCUT2D eigenvalue weighted by molar-refractivity contribution is 9.10. The van der Waals surface area contributed by atoms with E-state index in [4.69, 9.17) is 11.6 Å². The number of hydrogen-bond acceptors (Lipinski definition) is 1. The van der Waals surface area contributed by atoms with E-state index < -0.39 is 0 Å². The highest BCUT2D eigenvalue weighted by Crippen LogP contribution is 2.19. The molecule has 4 heteroatoms. The predicted molar refractivity (Wildman–Crippen MR) is 70.3 cm³/mol. The van der Waals surface area contributed by atoms with Gasteiger partial charge >= 0.3 is 0 Å². The minimum absolute atomic E-state index is 0.0774. The van der Waals surface area contributed by atoms with Gasteiger partial charge in [-0.2, -0.15) is 0 Å². The Morgan fingerprint density at radius 1 is 1.44 bits per heavy atom. The van der Waals surface area contributed by atoms with Crippen LogP contribution in [0.2, 0.25) is 0 Å². The number of nitrogens with one attached hydrogen (secondary N) is 1. The van der Waals surface area contributed by atoms with Crippen LogP contribution in [0.15, 0.2) is 22.7 Å². The Morgan fingerprint density at radius 2 is 2.12 bits per heavy atom. The molecule has 0 heterocycles. The van der Waals surface area contributed by atoms with Crippen LogP contribution in [-0.4, -0.2) is 12.4 Å². The molecule has 0 aromatic heterocycles. The molecule has 0 saturated carbocycles. The monoisotopic (exact) mass is 307 g/mol. The molecule has 0 radical (unpaired) electrons. The number of hydrogen-bond donors (Lipinski definition) is 1. The fourth-order valence-electron chi connectivity index (χ4n) is 1.25. The third kappa shape index (κ3) is 4.40. The van der Waals surface area contributed by atoms with Crippen molar-refractivity contribution in [1.29, 1.82) is 0 Å². The van der Waals surface area contributed by atoms with Gasteiger partial charge in [-0.25, -0.2) is 4.39 Å². The maximum absolute atomic E-state index is 12.8. The van der Waals surface area contributed by atoms with E-state index in [-0.39, 0.29) is 11.2 Å². The van der Waals surface area contributed by atoms with Gasteiger partial charge in [0.1, 0.15) is 5.82 Å². The van der Waals surface area contributed by atoms with Crippen LogP contribution in [0.25, 0.3) is 0 Å². The van der Waals surface area contributed by atoms with Crippen molar-refractivity contribution in [2.24, 2.45) is 5.41 Å². The van der Waals surface area contributed by atoms with Crippen molar-refractivity contribution in [2.75, 3.05) is 12.4 Å². The van der Waals surface area contributed by atoms with Crippen molar-refractivity contribution in [3.63, 3.8) is 0 Å². The zero-order valence-electron chi connectivity index (χ0n) is 9.49. The summed E-state index contributed by atoms with van der Waals surface area (Å²) in [7, 11) is 0.